The molecule has 6 heteroatoms. The van der Waals surface area contributed by atoms with Gasteiger partial charge in [-0.3, -0.25) is 4.98 Å². The minimum atomic E-state index is 0.494. The Morgan fingerprint density at radius 3 is 2.52 bits per heavy atom. The third kappa shape index (κ3) is 2.57. The molecule has 0 saturated heterocycles. The fourth-order valence-electron chi connectivity index (χ4n) is 2.24. The van der Waals surface area contributed by atoms with Gasteiger partial charge in [0, 0.05) is 18.6 Å². The summed E-state index contributed by atoms with van der Waals surface area (Å²) in [4.78, 5) is 13.4. The van der Waals surface area contributed by atoms with E-state index in [2.05, 4.69) is 25.1 Å². The predicted octanol–water partition coefficient (Wildman–Crippen LogP) is 3.26. The van der Waals surface area contributed by atoms with Crippen molar-refractivity contribution < 1.29 is 4.42 Å². The molecule has 0 spiro atoms. The van der Waals surface area contributed by atoms with Crippen LogP contribution in [0.15, 0.2) is 71.7 Å². The van der Waals surface area contributed by atoms with Gasteiger partial charge in [-0.1, -0.05) is 6.07 Å². The van der Waals surface area contributed by atoms with Crippen LogP contribution < -0.4 is 0 Å². The van der Waals surface area contributed by atoms with Gasteiger partial charge in [0.2, 0.25) is 0 Å². The third-order valence-corrected chi connectivity index (χ3v) is 3.28. The van der Waals surface area contributed by atoms with Crippen LogP contribution in [0.5, 0.6) is 0 Å². The number of aromatic nitrogens is 5. The molecule has 4 heterocycles. The summed E-state index contributed by atoms with van der Waals surface area (Å²) < 4.78 is 5.49. The van der Waals surface area contributed by atoms with E-state index in [4.69, 9.17) is 4.42 Å². The maximum atomic E-state index is 5.49. The zero-order chi connectivity index (χ0) is 15.5. The molecule has 0 radical (unpaired) electrons. The van der Waals surface area contributed by atoms with E-state index >= 15 is 0 Å². The van der Waals surface area contributed by atoms with Crippen molar-refractivity contribution in [1.29, 1.82) is 0 Å². The van der Waals surface area contributed by atoms with E-state index in [9.17, 15) is 0 Å². The summed E-state index contributed by atoms with van der Waals surface area (Å²) in [7, 11) is 0. The number of pyridine rings is 1. The van der Waals surface area contributed by atoms with E-state index in [-0.39, 0.29) is 0 Å². The van der Waals surface area contributed by atoms with E-state index in [0.717, 1.165) is 11.3 Å². The lowest BCUT2D eigenvalue weighted by Gasteiger charge is -2.07. The molecule has 0 bridgehead atoms. The third-order valence-electron chi connectivity index (χ3n) is 3.28. The lowest BCUT2D eigenvalue weighted by molar-refractivity contribution is 0.582. The van der Waals surface area contributed by atoms with E-state index in [0.29, 0.717) is 23.0 Å². The Balaban J connectivity index is 1.92. The molecule has 0 aromatic carbocycles. The SMILES string of the molecule is c1ccc(-c2nc(-c3cccnn3)ncc2-c2ccco2)nc1. The van der Waals surface area contributed by atoms with E-state index in [1.807, 2.05) is 36.4 Å². The van der Waals surface area contributed by atoms with Crippen LogP contribution in [0.4, 0.5) is 0 Å². The molecule has 0 aliphatic heterocycles. The highest BCUT2D eigenvalue weighted by atomic mass is 16.3. The van der Waals surface area contributed by atoms with Crippen molar-refractivity contribution >= 4 is 0 Å². The number of furan rings is 1. The van der Waals surface area contributed by atoms with E-state index in [1.54, 1.807) is 30.9 Å². The highest BCUT2D eigenvalue weighted by molar-refractivity contribution is 5.76. The molecule has 0 N–H and O–H groups in total. The smallest absolute Gasteiger partial charge is 0.180 e. The molecule has 0 unspecified atom stereocenters. The molecule has 4 rings (SSSR count). The molecule has 0 aliphatic rings. The van der Waals surface area contributed by atoms with Gasteiger partial charge in [0.25, 0.3) is 0 Å². The minimum Gasteiger partial charge on any atom is -0.464 e. The van der Waals surface area contributed by atoms with Gasteiger partial charge in [0.15, 0.2) is 5.82 Å². The van der Waals surface area contributed by atoms with Gasteiger partial charge in [-0.05, 0) is 36.4 Å². The van der Waals surface area contributed by atoms with E-state index < -0.39 is 0 Å². The van der Waals surface area contributed by atoms with E-state index in [1.165, 1.54) is 0 Å². The number of rotatable bonds is 3. The summed E-state index contributed by atoms with van der Waals surface area (Å²) in [6, 6.07) is 13.0. The van der Waals surface area contributed by atoms with Crippen LogP contribution in [-0.2, 0) is 0 Å². The molecule has 0 fully saturated rings. The molecule has 6 nitrogen and oxygen atoms in total. The van der Waals surface area contributed by atoms with Gasteiger partial charge in [-0.2, -0.15) is 5.10 Å². The first-order valence-corrected chi connectivity index (χ1v) is 7.02. The van der Waals surface area contributed by atoms with Gasteiger partial charge in [-0.15, -0.1) is 5.10 Å². The van der Waals surface area contributed by atoms with Crippen molar-refractivity contribution in [3.8, 4) is 34.2 Å². The van der Waals surface area contributed by atoms with Crippen molar-refractivity contribution in [2.45, 2.75) is 0 Å². The second-order valence-corrected chi connectivity index (χ2v) is 4.76. The standard InChI is InChI=1S/C17H11N5O/c1-2-8-18-13(5-1)16-12(15-7-4-10-23-15)11-19-17(21-16)14-6-3-9-20-22-14/h1-11H. The summed E-state index contributed by atoms with van der Waals surface area (Å²) >= 11 is 0. The normalized spacial score (nSPS) is 10.6. The van der Waals surface area contributed by atoms with Crippen LogP contribution in [0.25, 0.3) is 34.2 Å². The van der Waals surface area contributed by atoms with Crippen molar-refractivity contribution in [2.75, 3.05) is 0 Å². The fourth-order valence-corrected chi connectivity index (χ4v) is 2.24. The average molecular weight is 301 g/mol. The molecule has 0 saturated carbocycles. The topological polar surface area (TPSA) is 77.6 Å². The molecule has 0 atom stereocenters. The van der Waals surface area contributed by atoms with Gasteiger partial charge in [-0.25, -0.2) is 9.97 Å². The monoisotopic (exact) mass is 301 g/mol. The quantitative estimate of drug-likeness (QED) is 0.578. The van der Waals surface area contributed by atoms with Crippen molar-refractivity contribution in [3.05, 3.63) is 67.3 Å². The minimum absolute atomic E-state index is 0.494. The molecule has 110 valence electrons. The second-order valence-electron chi connectivity index (χ2n) is 4.76. The zero-order valence-corrected chi connectivity index (χ0v) is 12.0. The second kappa shape index (κ2) is 5.76. The summed E-state index contributed by atoms with van der Waals surface area (Å²) in [5.41, 5.74) is 2.82. The molecular weight excluding hydrogens is 290 g/mol. The molecule has 0 amide bonds. The predicted molar refractivity (Wildman–Crippen MR) is 84.0 cm³/mol. The first-order chi connectivity index (χ1) is 11.4. The molecule has 4 aromatic heterocycles. The zero-order valence-electron chi connectivity index (χ0n) is 12.0. The summed E-state index contributed by atoms with van der Waals surface area (Å²) in [6.45, 7) is 0. The van der Waals surface area contributed by atoms with Crippen LogP contribution in [0.3, 0.4) is 0 Å². The van der Waals surface area contributed by atoms with Gasteiger partial charge < -0.3 is 4.42 Å². The molecular formula is C17H11N5O. The number of nitrogens with zero attached hydrogens (tertiary/aromatic N) is 5. The van der Waals surface area contributed by atoms with Crippen LogP contribution in [0.1, 0.15) is 0 Å². The van der Waals surface area contributed by atoms with Crippen molar-refractivity contribution in [2.24, 2.45) is 0 Å². The lowest BCUT2D eigenvalue weighted by Crippen LogP contribution is -1.98. The maximum Gasteiger partial charge on any atom is 0.180 e. The Bertz CT molecular complexity index is 908. The van der Waals surface area contributed by atoms with Crippen LogP contribution in [0.2, 0.25) is 0 Å². The summed E-state index contributed by atoms with van der Waals surface area (Å²) in [6.07, 6.45) is 6.68. The Kier molecular flexibility index (Phi) is 3.32. The van der Waals surface area contributed by atoms with Gasteiger partial charge in [0.1, 0.15) is 17.1 Å². The van der Waals surface area contributed by atoms with Crippen molar-refractivity contribution in [3.63, 3.8) is 0 Å². The Morgan fingerprint density at radius 2 is 1.78 bits per heavy atom. The highest BCUT2D eigenvalue weighted by Crippen LogP contribution is 2.30. The van der Waals surface area contributed by atoms with Gasteiger partial charge >= 0.3 is 0 Å². The van der Waals surface area contributed by atoms with Crippen LogP contribution in [-0.4, -0.2) is 25.1 Å². The molecule has 0 aliphatic carbocycles. The highest BCUT2D eigenvalue weighted by Gasteiger charge is 2.15. The fraction of sp³-hybridized carbons (Fsp3) is 0. The van der Waals surface area contributed by atoms with Gasteiger partial charge in [0.05, 0.1) is 17.5 Å². The first-order valence-electron chi connectivity index (χ1n) is 7.02. The maximum absolute atomic E-state index is 5.49. The van der Waals surface area contributed by atoms with Crippen LogP contribution in [0, 0.1) is 0 Å². The lowest BCUT2D eigenvalue weighted by atomic mass is 10.1. The van der Waals surface area contributed by atoms with Crippen LogP contribution >= 0.6 is 0 Å². The largest absolute Gasteiger partial charge is 0.464 e. The average Bonchev–Trinajstić information content (AvgIpc) is 3.17. The Morgan fingerprint density at radius 1 is 0.826 bits per heavy atom. The molecule has 4 aromatic rings. The number of hydrogen-bond acceptors (Lipinski definition) is 6. The Hall–Kier alpha value is -3.41. The number of hydrogen-bond donors (Lipinski definition) is 0. The Labute approximate surface area is 131 Å². The molecule has 23 heavy (non-hydrogen) atoms. The summed E-state index contributed by atoms with van der Waals surface area (Å²) in [5.74, 6) is 1.19. The summed E-state index contributed by atoms with van der Waals surface area (Å²) in [5, 5.41) is 7.93. The van der Waals surface area contributed by atoms with Crippen molar-refractivity contribution in [1.82, 2.24) is 25.1 Å². The first kappa shape index (κ1) is 13.3.